The fourth-order valence-electron chi connectivity index (χ4n) is 1.13. The van der Waals surface area contributed by atoms with Crippen molar-refractivity contribution in [3.05, 3.63) is 39.6 Å². The number of nitrogens with zero attached hydrogens (tertiary/aromatic N) is 1. The van der Waals surface area contributed by atoms with E-state index in [4.69, 9.17) is 0 Å². The van der Waals surface area contributed by atoms with Gasteiger partial charge in [-0.25, -0.2) is 8.78 Å². The molecule has 1 aromatic heterocycles. The van der Waals surface area contributed by atoms with Crippen molar-refractivity contribution in [1.29, 1.82) is 0 Å². The lowest BCUT2D eigenvalue weighted by Crippen LogP contribution is -1.88. The summed E-state index contributed by atoms with van der Waals surface area (Å²) < 4.78 is 27.0. The van der Waals surface area contributed by atoms with Crippen molar-refractivity contribution in [1.82, 2.24) is 4.98 Å². The van der Waals surface area contributed by atoms with Crippen LogP contribution in [0.25, 0.3) is 10.9 Å². The van der Waals surface area contributed by atoms with Crippen LogP contribution in [0.2, 0.25) is 0 Å². The van der Waals surface area contributed by atoms with Gasteiger partial charge >= 0.3 is 0 Å². The molecule has 66 valence electrons. The van der Waals surface area contributed by atoms with E-state index in [9.17, 15) is 8.78 Å². The van der Waals surface area contributed by atoms with Gasteiger partial charge in [0.1, 0.15) is 17.2 Å². The van der Waals surface area contributed by atoms with E-state index in [1.54, 1.807) is 6.07 Å². The van der Waals surface area contributed by atoms with Crippen molar-refractivity contribution >= 4 is 33.5 Å². The summed E-state index contributed by atoms with van der Waals surface area (Å²) in [7, 11) is 0. The fraction of sp³-hybridized carbons (Fsp3) is 0. The predicted molar refractivity (Wildman–Crippen MR) is 54.4 cm³/mol. The van der Waals surface area contributed by atoms with Crippen LogP contribution in [0.3, 0.4) is 0 Å². The molecule has 13 heavy (non-hydrogen) atoms. The zero-order chi connectivity index (χ0) is 9.42. The molecule has 0 aliphatic rings. The quantitative estimate of drug-likeness (QED) is 0.680. The van der Waals surface area contributed by atoms with Gasteiger partial charge in [0, 0.05) is 15.2 Å². The van der Waals surface area contributed by atoms with Gasteiger partial charge in [-0.05, 0) is 40.8 Å². The highest BCUT2D eigenvalue weighted by molar-refractivity contribution is 14.1. The maximum atomic E-state index is 13.1. The molecule has 0 aliphatic carbocycles. The van der Waals surface area contributed by atoms with E-state index in [-0.39, 0.29) is 10.9 Å². The molecule has 0 saturated heterocycles. The number of fused-ring (bicyclic) bond motifs is 1. The molecule has 1 heterocycles. The summed E-state index contributed by atoms with van der Waals surface area (Å²) >= 11 is 2.00. The van der Waals surface area contributed by atoms with Crippen LogP contribution in [0.1, 0.15) is 0 Å². The largest absolute Gasteiger partial charge is 0.252 e. The van der Waals surface area contributed by atoms with Crippen molar-refractivity contribution in [2.75, 3.05) is 0 Å². The molecule has 0 fully saturated rings. The summed E-state index contributed by atoms with van der Waals surface area (Å²) in [5.41, 5.74) is 0.0837. The van der Waals surface area contributed by atoms with Gasteiger partial charge < -0.3 is 0 Å². The van der Waals surface area contributed by atoms with E-state index in [1.165, 1.54) is 6.20 Å². The number of halogens is 3. The minimum absolute atomic E-state index is 0.0837. The molecule has 0 saturated carbocycles. The van der Waals surface area contributed by atoms with Crippen LogP contribution in [0.5, 0.6) is 0 Å². The van der Waals surface area contributed by atoms with E-state index in [2.05, 4.69) is 4.98 Å². The summed E-state index contributed by atoms with van der Waals surface area (Å²) in [5.74, 6) is -0.935. The van der Waals surface area contributed by atoms with E-state index in [0.29, 0.717) is 0 Å². The number of aromatic nitrogens is 1. The molecule has 0 spiro atoms. The third-order valence-electron chi connectivity index (χ3n) is 1.71. The second-order valence-electron chi connectivity index (χ2n) is 2.58. The maximum absolute atomic E-state index is 13.1. The van der Waals surface area contributed by atoms with Crippen molar-refractivity contribution < 1.29 is 8.78 Å². The van der Waals surface area contributed by atoms with Gasteiger partial charge in [0.2, 0.25) is 0 Å². The molecular formula is C9H4F2IN. The van der Waals surface area contributed by atoms with Crippen molar-refractivity contribution in [3.8, 4) is 0 Å². The predicted octanol–water partition coefficient (Wildman–Crippen LogP) is 3.12. The Morgan fingerprint density at radius 3 is 2.62 bits per heavy atom. The highest BCUT2D eigenvalue weighted by Gasteiger charge is 2.06. The first-order valence-electron chi connectivity index (χ1n) is 3.58. The Hall–Kier alpha value is -0.780. The van der Waals surface area contributed by atoms with Gasteiger partial charge in [0.05, 0.1) is 0 Å². The average Bonchev–Trinajstić information content (AvgIpc) is 2.12. The zero-order valence-corrected chi connectivity index (χ0v) is 8.55. The van der Waals surface area contributed by atoms with E-state index in [1.807, 2.05) is 22.6 Å². The molecule has 2 rings (SSSR count). The Labute approximate surface area is 86.9 Å². The Kier molecular flexibility index (Phi) is 2.15. The number of hydrogen-bond acceptors (Lipinski definition) is 1. The molecule has 0 amide bonds. The molecule has 0 atom stereocenters. The van der Waals surface area contributed by atoms with Gasteiger partial charge in [-0.1, -0.05) is 0 Å². The average molecular weight is 291 g/mol. The lowest BCUT2D eigenvalue weighted by Gasteiger charge is -1.99. The van der Waals surface area contributed by atoms with Crippen LogP contribution in [0.15, 0.2) is 24.4 Å². The van der Waals surface area contributed by atoms with Gasteiger partial charge in [0.25, 0.3) is 0 Å². The summed E-state index contributed by atoms with van der Waals surface area (Å²) in [6.45, 7) is 0. The third kappa shape index (κ3) is 1.50. The second-order valence-corrected chi connectivity index (χ2v) is 3.82. The molecule has 1 nitrogen and oxygen atoms in total. The number of rotatable bonds is 0. The highest BCUT2D eigenvalue weighted by Crippen LogP contribution is 2.20. The SMILES string of the molecule is Fc1ccc(F)c2ncc(I)cc12. The zero-order valence-electron chi connectivity index (χ0n) is 6.39. The summed E-state index contributed by atoms with van der Waals surface area (Å²) in [6, 6.07) is 3.76. The normalized spacial score (nSPS) is 10.7. The first-order chi connectivity index (χ1) is 6.18. The van der Waals surface area contributed by atoms with Crippen molar-refractivity contribution in [3.63, 3.8) is 0 Å². The first-order valence-corrected chi connectivity index (χ1v) is 4.65. The van der Waals surface area contributed by atoms with Crippen LogP contribution in [0, 0.1) is 15.2 Å². The van der Waals surface area contributed by atoms with Crippen LogP contribution in [0.4, 0.5) is 8.78 Å². The van der Waals surface area contributed by atoms with Crippen LogP contribution >= 0.6 is 22.6 Å². The van der Waals surface area contributed by atoms with E-state index in [0.717, 1.165) is 15.7 Å². The number of hydrogen-bond donors (Lipinski definition) is 0. The van der Waals surface area contributed by atoms with Crippen LogP contribution in [-0.4, -0.2) is 4.98 Å². The molecule has 4 heteroatoms. The lowest BCUT2D eigenvalue weighted by atomic mass is 10.2. The Balaban J connectivity index is 2.92. The minimum Gasteiger partial charge on any atom is -0.252 e. The summed E-state index contributed by atoms with van der Waals surface area (Å²) in [4.78, 5) is 3.82. The van der Waals surface area contributed by atoms with E-state index >= 15 is 0 Å². The third-order valence-corrected chi connectivity index (χ3v) is 2.30. The Morgan fingerprint density at radius 2 is 1.85 bits per heavy atom. The summed E-state index contributed by atoms with van der Waals surface area (Å²) in [5, 5.41) is 0.229. The van der Waals surface area contributed by atoms with Crippen LogP contribution in [-0.2, 0) is 0 Å². The molecule has 2 aromatic rings. The molecule has 1 aromatic carbocycles. The Bertz CT molecular complexity index is 470. The second kappa shape index (κ2) is 3.17. The monoisotopic (exact) mass is 291 g/mol. The number of benzene rings is 1. The first kappa shape index (κ1) is 8.80. The van der Waals surface area contributed by atoms with Gasteiger partial charge in [-0.3, -0.25) is 4.98 Å². The van der Waals surface area contributed by atoms with Gasteiger partial charge in [-0.15, -0.1) is 0 Å². The Morgan fingerprint density at radius 1 is 1.15 bits per heavy atom. The molecule has 0 bridgehead atoms. The standard InChI is InChI=1S/C9H4F2IN/c10-7-1-2-8(11)9-6(7)3-5(12)4-13-9/h1-4H. The minimum atomic E-state index is -0.493. The maximum Gasteiger partial charge on any atom is 0.149 e. The van der Waals surface area contributed by atoms with Crippen LogP contribution < -0.4 is 0 Å². The van der Waals surface area contributed by atoms with Gasteiger partial charge in [-0.2, -0.15) is 0 Å². The molecule has 0 radical (unpaired) electrons. The molecule has 0 unspecified atom stereocenters. The fourth-order valence-corrected chi connectivity index (χ4v) is 1.58. The highest BCUT2D eigenvalue weighted by atomic mass is 127. The van der Waals surface area contributed by atoms with Crippen molar-refractivity contribution in [2.45, 2.75) is 0 Å². The molecular weight excluding hydrogens is 287 g/mol. The topological polar surface area (TPSA) is 12.9 Å². The van der Waals surface area contributed by atoms with Crippen molar-refractivity contribution in [2.24, 2.45) is 0 Å². The van der Waals surface area contributed by atoms with Gasteiger partial charge in [0.15, 0.2) is 0 Å². The smallest absolute Gasteiger partial charge is 0.149 e. The molecule has 0 aliphatic heterocycles. The summed E-state index contributed by atoms with van der Waals surface area (Å²) in [6.07, 6.45) is 1.51. The van der Waals surface area contributed by atoms with E-state index < -0.39 is 11.6 Å². The number of pyridine rings is 1. The lowest BCUT2D eigenvalue weighted by molar-refractivity contribution is 0.615. The molecule has 0 N–H and O–H groups in total.